The van der Waals surface area contributed by atoms with E-state index in [9.17, 15) is 13.2 Å². The Hall–Kier alpha value is -2.18. The molecule has 0 spiro atoms. The highest BCUT2D eigenvalue weighted by atomic mass is 35.5. The molecule has 1 aromatic carbocycles. The van der Waals surface area contributed by atoms with Crippen molar-refractivity contribution in [2.24, 2.45) is 5.92 Å². The monoisotopic (exact) mass is 358 g/mol. The Morgan fingerprint density at radius 2 is 2.12 bits per heavy atom. The van der Waals surface area contributed by atoms with E-state index in [1.165, 1.54) is 16.8 Å². The molecule has 1 aromatic heterocycles. The van der Waals surface area contributed by atoms with E-state index in [0.717, 1.165) is 25.1 Å². The van der Waals surface area contributed by atoms with E-state index in [4.69, 9.17) is 5.26 Å². The first-order valence-electron chi connectivity index (χ1n) is 7.04. The molecular formula is C14H14ClF3N6. The number of tetrazole rings is 1. The third-order valence-electron chi connectivity index (χ3n) is 3.77. The van der Waals surface area contributed by atoms with Gasteiger partial charge in [0.05, 0.1) is 29.8 Å². The summed E-state index contributed by atoms with van der Waals surface area (Å²) in [6, 6.07) is 7.09. The highest BCUT2D eigenvalue weighted by Crippen LogP contribution is 2.30. The van der Waals surface area contributed by atoms with Crippen LogP contribution in [-0.4, -0.2) is 38.2 Å². The van der Waals surface area contributed by atoms with Crippen LogP contribution in [0, 0.1) is 17.2 Å². The molecule has 10 heteroatoms. The largest absolute Gasteiger partial charge is 0.416 e. The van der Waals surface area contributed by atoms with Crippen molar-refractivity contribution in [3.05, 3.63) is 35.7 Å². The highest BCUT2D eigenvalue weighted by Gasteiger charge is 2.31. The van der Waals surface area contributed by atoms with Crippen LogP contribution in [0.5, 0.6) is 0 Å². The molecule has 0 N–H and O–H groups in total. The predicted octanol–water partition coefficient (Wildman–Crippen LogP) is 2.45. The number of aromatic nitrogens is 4. The number of benzene rings is 1. The molecule has 128 valence electrons. The van der Waals surface area contributed by atoms with Gasteiger partial charge in [-0.1, -0.05) is 6.07 Å². The number of hydrogen-bond acceptors (Lipinski definition) is 5. The van der Waals surface area contributed by atoms with Crippen molar-refractivity contribution < 1.29 is 13.2 Å². The van der Waals surface area contributed by atoms with E-state index >= 15 is 0 Å². The minimum Gasteiger partial charge on any atom is -0.295 e. The van der Waals surface area contributed by atoms with Crippen molar-refractivity contribution in [1.29, 1.82) is 5.26 Å². The Morgan fingerprint density at radius 3 is 2.79 bits per heavy atom. The summed E-state index contributed by atoms with van der Waals surface area (Å²) in [6.45, 7) is 1.75. The van der Waals surface area contributed by atoms with Crippen LogP contribution in [0.2, 0.25) is 0 Å². The van der Waals surface area contributed by atoms with Gasteiger partial charge < -0.3 is 0 Å². The molecule has 1 atom stereocenters. The Balaban J connectivity index is 0.00000208. The summed E-state index contributed by atoms with van der Waals surface area (Å²) >= 11 is 0. The molecule has 1 fully saturated rings. The maximum Gasteiger partial charge on any atom is 0.416 e. The van der Waals surface area contributed by atoms with Crippen molar-refractivity contribution >= 4 is 12.4 Å². The van der Waals surface area contributed by atoms with Gasteiger partial charge in [0.15, 0.2) is 5.82 Å². The number of nitriles is 1. The molecule has 6 nitrogen and oxygen atoms in total. The molecule has 24 heavy (non-hydrogen) atoms. The van der Waals surface area contributed by atoms with Crippen LogP contribution in [0.4, 0.5) is 13.2 Å². The predicted molar refractivity (Wildman–Crippen MR) is 80.4 cm³/mol. The van der Waals surface area contributed by atoms with E-state index in [0.29, 0.717) is 18.9 Å². The molecule has 3 rings (SSSR count). The molecule has 1 aliphatic heterocycles. The van der Waals surface area contributed by atoms with Crippen LogP contribution in [-0.2, 0) is 12.7 Å². The van der Waals surface area contributed by atoms with Gasteiger partial charge in [-0.15, -0.1) is 17.5 Å². The van der Waals surface area contributed by atoms with Crippen LogP contribution in [0.3, 0.4) is 0 Å². The maximum absolute atomic E-state index is 12.8. The third-order valence-corrected chi connectivity index (χ3v) is 3.77. The van der Waals surface area contributed by atoms with Gasteiger partial charge in [-0.3, -0.25) is 4.90 Å². The van der Waals surface area contributed by atoms with Crippen LogP contribution < -0.4 is 0 Å². The average molecular weight is 359 g/mol. The second-order valence-electron chi connectivity index (χ2n) is 5.40. The Labute approximate surface area is 142 Å². The first-order valence-corrected chi connectivity index (χ1v) is 7.04. The van der Waals surface area contributed by atoms with Gasteiger partial charge in [-0.2, -0.15) is 23.1 Å². The zero-order valence-electron chi connectivity index (χ0n) is 12.4. The van der Waals surface area contributed by atoms with E-state index < -0.39 is 11.7 Å². The lowest BCUT2D eigenvalue weighted by Crippen LogP contribution is -2.22. The SMILES string of the molecule is Cl.N#CC1CCN(Cc2nnnn2-c2cccc(C(F)(F)F)c2)C1. The van der Waals surface area contributed by atoms with E-state index in [2.05, 4.69) is 21.6 Å². The van der Waals surface area contributed by atoms with Crippen molar-refractivity contribution in [3.8, 4) is 11.8 Å². The first kappa shape index (κ1) is 18.2. The highest BCUT2D eigenvalue weighted by molar-refractivity contribution is 5.85. The van der Waals surface area contributed by atoms with E-state index in [1.54, 1.807) is 0 Å². The minimum absolute atomic E-state index is 0. The number of likely N-dealkylation sites (tertiary alicyclic amines) is 1. The zero-order chi connectivity index (χ0) is 16.4. The van der Waals surface area contributed by atoms with Crippen LogP contribution in [0.15, 0.2) is 24.3 Å². The fraction of sp³-hybridized carbons (Fsp3) is 0.429. The Kier molecular flexibility index (Phi) is 5.41. The second-order valence-corrected chi connectivity index (χ2v) is 5.40. The van der Waals surface area contributed by atoms with E-state index in [1.807, 2.05) is 4.90 Å². The Morgan fingerprint density at radius 1 is 1.33 bits per heavy atom. The van der Waals surface area contributed by atoms with Gasteiger partial charge in [0.1, 0.15) is 0 Å². The first-order chi connectivity index (χ1) is 11.0. The number of alkyl halides is 3. The quantitative estimate of drug-likeness (QED) is 0.842. The molecular weight excluding hydrogens is 345 g/mol. The fourth-order valence-corrected chi connectivity index (χ4v) is 2.60. The lowest BCUT2D eigenvalue weighted by molar-refractivity contribution is -0.137. The summed E-state index contributed by atoms with van der Waals surface area (Å²) in [5, 5.41) is 20.2. The van der Waals surface area contributed by atoms with Gasteiger partial charge in [0.2, 0.25) is 0 Å². The van der Waals surface area contributed by atoms with E-state index in [-0.39, 0.29) is 24.0 Å². The molecule has 0 bridgehead atoms. The number of hydrogen-bond donors (Lipinski definition) is 0. The van der Waals surface area contributed by atoms with Crippen LogP contribution >= 0.6 is 12.4 Å². The number of halogens is 4. The molecule has 1 unspecified atom stereocenters. The van der Waals surface area contributed by atoms with Gasteiger partial charge in [0, 0.05) is 6.54 Å². The molecule has 0 amide bonds. The summed E-state index contributed by atoms with van der Waals surface area (Å²) in [6.07, 6.45) is -3.64. The molecule has 0 saturated carbocycles. The summed E-state index contributed by atoms with van der Waals surface area (Å²) in [5.74, 6) is 0.427. The summed E-state index contributed by atoms with van der Waals surface area (Å²) in [5.41, 5.74) is -0.488. The summed E-state index contributed by atoms with van der Waals surface area (Å²) < 4.78 is 39.8. The topological polar surface area (TPSA) is 70.6 Å². The van der Waals surface area contributed by atoms with Crippen LogP contribution in [0.1, 0.15) is 17.8 Å². The second kappa shape index (κ2) is 7.15. The Bertz CT molecular complexity index is 739. The summed E-state index contributed by atoms with van der Waals surface area (Å²) in [4.78, 5) is 2.02. The molecule has 2 heterocycles. The lowest BCUT2D eigenvalue weighted by Gasteiger charge is -2.14. The van der Waals surface area contributed by atoms with Crippen LogP contribution in [0.25, 0.3) is 5.69 Å². The maximum atomic E-state index is 12.8. The van der Waals surface area contributed by atoms with Gasteiger partial charge in [-0.05, 0) is 41.6 Å². The fourth-order valence-electron chi connectivity index (χ4n) is 2.60. The zero-order valence-corrected chi connectivity index (χ0v) is 13.3. The normalized spacial score (nSPS) is 18.2. The van der Waals surface area contributed by atoms with Crippen molar-refractivity contribution in [2.75, 3.05) is 13.1 Å². The molecule has 1 aliphatic rings. The third kappa shape index (κ3) is 3.83. The molecule has 0 radical (unpaired) electrons. The van der Waals surface area contributed by atoms with Crippen molar-refractivity contribution in [1.82, 2.24) is 25.1 Å². The number of nitrogens with zero attached hydrogens (tertiary/aromatic N) is 6. The van der Waals surface area contributed by atoms with Gasteiger partial charge in [0.25, 0.3) is 0 Å². The minimum atomic E-state index is -4.42. The van der Waals surface area contributed by atoms with Gasteiger partial charge >= 0.3 is 6.18 Å². The van der Waals surface area contributed by atoms with Crippen molar-refractivity contribution in [3.63, 3.8) is 0 Å². The lowest BCUT2D eigenvalue weighted by atomic mass is 10.1. The van der Waals surface area contributed by atoms with Gasteiger partial charge in [-0.25, -0.2) is 0 Å². The molecule has 1 saturated heterocycles. The average Bonchev–Trinajstić information content (AvgIpc) is 3.16. The smallest absolute Gasteiger partial charge is 0.295 e. The molecule has 2 aromatic rings. The molecule has 0 aliphatic carbocycles. The number of rotatable bonds is 3. The standard InChI is InChI=1S/C14H13F3N6.ClH/c15-14(16,17)11-2-1-3-12(6-11)23-13(19-20-21-23)9-22-5-4-10(7-18)8-22;/h1-3,6,10H,4-5,8-9H2;1H. The van der Waals surface area contributed by atoms with Crippen molar-refractivity contribution in [2.45, 2.75) is 19.1 Å². The summed E-state index contributed by atoms with van der Waals surface area (Å²) in [7, 11) is 0.